The van der Waals surface area contributed by atoms with Crippen LogP contribution in [0.1, 0.15) is 27.8 Å². The Morgan fingerprint density at radius 1 is 1.20 bits per heavy atom. The number of benzene rings is 1. The van der Waals surface area contributed by atoms with Crippen LogP contribution in [0.2, 0.25) is 0 Å². The van der Waals surface area contributed by atoms with Gasteiger partial charge in [0.15, 0.2) is 11.5 Å². The molecule has 0 aliphatic rings. The summed E-state index contributed by atoms with van der Waals surface area (Å²) in [5.41, 5.74) is -0.0555. The highest BCUT2D eigenvalue weighted by molar-refractivity contribution is 6.15. The second-order valence-electron chi connectivity index (χ2n) is 4.23. The molecule has 2 rings (SSSR count). The van der Waals surface area contributed by atoms with Gasteiger partial charge in [-0.3, -0.25) is 19.7 Å². The Morgan fingerprint density at radius 3 is 2.55 bits per heavy atom. The van der Waals surface area contributed by atoms with E-state index in [1.165, 1.54) is 37.5 Å². The zero-order valence-corrected chi connectivity index (χ0v) is 10.6. The summed E-state index contributed by atoms with van der Waals surface area (Å²) in [5, 5.41) is 10.7. The number of carbonyl (C=O) groups is 2. The number of hydrogen-bond donors (Lipinski definition) is 0. The molecule has 0 saturated carbocycles. The highest BCUT2D eigenvalue weighted by Crippen LogP contribution is 2.19. The third-order valence-electron chi connectivity index (χ3n) is 2.89. The Balaban J connectivity index is 2.25. The van der Waals surface area contributed by atoms with Crippen molar-refractivity contribution in [2.75, 3.05) is 0 Å². The first kappa shape index (κ1) is 13.7. The molecule has 2 aromatic rings. The fraction of sp³-hybridized carbons (Fsp3) is 0.143. The van der Waals surface area contributed by atoms with Crippen molar-refractivity contribution in [3.63, 3.8) is 0 Å². The van der Waals surface area contributed by atoms with Crippen molar-refractivity contribution in [3.05, 3.63) is 64.1 Å². The fourth-order valence-electron chi connectivity index (χ4n) is 1.77. The number of rotatable bonds is 5. The highest BCUT2D eigenvalue weighted by atomic mass is 16.6. The largest absolute Gasteiger partial charge is 0.461 e. The van der Waals surface area contributed by atoms with E-state index in [0.29, 0.717) is 0 Å². The molecule has 0 radical (unpaired) electrons. The molecule has 0 amide bonds. The maximum Gasteiger partial charge on any atom is 0.270 e. The lowest BCUT2D eigenvalue weighted by atomic mass is 9.94. The van der Waals surface area contributed by atoms with E-state index in [2.05, 4.69) is 0 Å². The van der Waals surface area contributed by atoms with Crippen molar-refractivity contribution < 1.29 is 18.9 Å². The normalized spacial score (nSPS) is 11.8. The van der Waals surface area contributed by atoms with Crippen molar-refractivity contribution in [3.8, 4) is 0 Å². The number of nitro benzene ring substituents is 1. The predicted molar refractivity (Wildman–Crippen MR) is 69.6 cm³/mol. The fourth-order valence-corrected chi connectivity index (χ4v) is 1.77. The van der Waals surface area contributed by atoms with Crippen molar-refractivity contribution in [1.82, 2.24) is 0 Å². The van der Waals surface area contributed by atoms with E-state index in [-0.39, 0.29) is 17.0 Å². The van der Waals surface area contributed by atoms with Crippen LogP contribution in [-0.2, 0) is 0 Å². The summed E-state index contributed by atoms with van der Waals surface area (Å²) in [6.07, 6.45) is 1.35. The standard InChI is InChI=1S/C14H11NO5/c1-9(14(17)12-6-3-7-20-12)13(16)10-4-2-5-11(8-10)15(18)19/h2-9H,1H3. The molecule has 1 aromatic heterocycles. The van der Waals surface area contributed by atoms with Gasteiger partial charge in [-0.25, -0.2) is 0 Å². The van der Waals surface area contributed by atoms with Crippen LogP contribution in [0.5, 0.6) is 0 Å². The zero-order chi connectivity index (χ0) is 14.7. The molecule has 0 saturated heterocycles. The molecule has 0 fully saturated rings. The summed E-state index contributed by atoms with van der Waals surface area (Å²) in [5.74, 6) is -1.79. The number of Topliss-reactive ketones (excluding diaryl/α,β-unsaturated/α-hetero) is 2. The number of furan rings is 1. The van der Waals surface area contributed by atoms with Crippen LogP contribution < -0.4 is 0 Å². The van der Waals surface area contributed by atoms with Crippen LogP contribution in [0.15, 0.2) is 47.1 Å². The van der Waals surface area contributed by atoms with Crippen molar-refractivity contribution in [2.24, 2.45) is 5.92 Å². The molecule has 20 heavy (non-hydrogen) atoms. The molecule has 0 aliphatic carbocycles. The summed E-state index contributed by atoms with van der Waals surface area (Å²) in [7, 11) is 0. The molecular weight excluding hydrogens is 262 g/mol. The van der Waals surface area contributed by atoms with Crippen LogP contribution in [0, 0.1) is 16.0 Å². The lowest BCUT2D eigenvalue weighted by molar-refractivity contribution is -0.384. The number of ketones is 2. The first-order valence-corrected chi connectivity index (χ1v) is 5.87. The molecular formula is C14H11NO5. The zero-order valence-electron chi connectivity index (χ0n) is 10.6. The molecule has 1 heterocycles. The first-order valence-electron chi connectivity index (χ1n) is 5.87. The average Bonchev–Trinajstić information content (AvgIpc) is 2.99. The molecule has 1 unspecified atom stereocenters. The van der Waals surface area contributed by atoms with Gasteiger partial charge in [-0.1, -0.05) is 12.1 Å². The van der Waals surface area contributed by atoms with Crippen LogP contribution in [0.3, 0.4) is 0 Å². The third kappa shape index (κ3) is 2.64. The number of hydrogen-bond acceptors (Lipinski definition) is 5. The molecule has 1 aromatic carbocycles. The van der Waals surface area contributed by atoms with Gasteiger partial charge in [0.25, 0.3) is 5.69 Å². The second-order valence-corrected chi connectivity index (χ2v) is 4.23. The van der Waals surface area contributed by atoms with E-state index in [1.54, 1.807) is 6.07 Å². The van der Waals surface area contributed by atoms with Gasteiger partial charge in [0.1, 0.15) is 0 Å². The van der Waals surface area contributed by atoms with Crippen LogP contribution in [0.25, 0.3) is 0 Å². The van der Waals surface area contributed by atoms with Gasteiger partial charge in [-0.05, 0) is 19.1 Å². The number of non-ortho nitro benzene ring substituents is 1. The average molecular weight is 273 g/mol. The van der Waals surface area contributed by atoms with Gasteiger partial charge in [0, 0.05) is 17.7 Å². The maximum atomic E-state index is 12.2. The quantitative estimate of drug-likeness (QED) is 0.361. The Morgan fingerprint density at radius 2 is 1.95 bits per heavy atom. The monoisotopic (exact) mass is 273 g/mol. The lowest BCUT2D eigenvalue weighted by Crippen LogP contribution is -2.21. The molecule has 0 N–H and O–H groups in total. The minimum atomic E-state index is -0.955. The summed E-state index contributed by atoms with van der Waals surface area (Å²) in [6, 6.07) is 8.33. The number of nitro groups is 1. The van der Waals surface area contributed by atoms with E-state index in [4.69, 9.17) is 4.42 Å². The van der Waals surface area contributed by atoms with Crippen LogP contribution in [0.4, 0.5) is 5.69 Å². The highest BCUT2D eigenvalue weighted by Gasteiger charge is 2.26. The smallest absolute Gasteiger partial charge is 0.270 e. The Hall–Kier alpha value is -2.76. The molecule has 102 valence electrons. The first-order chi connectivity index (χ1) is 9.50. The Bertz CT molecular complexity index is 660. The molecule has 6 nitrogen and oxygen atoms in total. The predicted octanol–water partition coefficient (Wildman–Crippen LogP) is 2.89. The summed E-state index contributed by atoms with van der Waals surface area (Å²) in [6.45, 7) is 1.45. The van der Waals surface area contributed by atoms with E-state index >= 15 is 0 Å². The topological polar surface area (TPSA) is 90.4 Å². The summed E-state index contributed by atoms with van der Waals surface area (Å²) >= 11 is 0. The van der Waals surface area contributed by atoms with Gasteiger partial charge in [0.2, 0.25) is 5.78 Å². The van der Waals surface area contributed by atoms with Crippen LogP contribution in [-0.4, -0.2) is 16.5 Å². The van der Waals surface area contributed by atoms with Crippen molar-refractivity contribution in [2.45, 2.75) is 6.92 Å². The Labute approximate surface area is 114 Å². The van der Waals surface area contributed by atoms with Gasteiger partial charge in [0.05, 0.1) is 17.1 Å². The molecule has 6 heteroatoms. The van der Waals surface area contributed by atoms with E-state index in [9.17, 15) is 19.7 Å². The summed E-state index contributed by atoms with van der Waals surface area (Å²) in [4.78, 5) is 34.3. The van der Waals surface area contributed by atoms with Gasteiger partial charge in [-0.15, -0.1) is 0 Å². The third-order valence-corrected chi connectivity index (χ3v) is 2.89. The van der Waals surface area contributed by atoms with E-state index in [0.717, 1.165) is 6.07 Å². The molecule has 1 atom stereocenters. The van der Waals surface area contributed by atoms with Gasteiger partial charge < -0.3 is 4.42 Å². The molecule has 0 spiro atoms. The van der Waals surface area contributed by atoms with Crippen LogP contribution >= 0.6 is 0 Å². The molecule has 0 aliphatic heterocycles. The lowest BCUT2D eigenvalue weighted by Gasteiger charge is -2.07. The Kier molecular flexibility index (Phi) is 3.74. The second kappa shape index (κ2) is 5.48. The minimum Gasteiger partial charge on any atom is -0.461 e. The van der Waals surface area contributed by atoms with E-state index in [1.807, 2.05) is 0 Å². The SMILES string of the molecule is CC(C(=O)c1cccc([N+](=O)[O-])c1)C(=O)c1ccco1. The van der Waals surface area contributed by atoms with Crippen molar-refractivity contribution >= 4 is 17.3 Å². The van der Waals surface area contributed by atoms with Gasteiger partial charge in [-0.2, -0.15) is 0 Å². The van der Waals surface area contributed by atoms with Crippen molar-refractivity contribution in [1.29, 1.82) is 0 Å². The number of carbonyl (C=O) groups excluding carboxylic acids is 2. The number of nitrogens with zero attached hydrogens (tertiary/aromatic N) is 1. The summed E-state index contributed by atoms with van der Waals surface area (Å²) < 4.78 is 4.95. The molecule has 0 bridgehead atoms. The maximum absolute atomic E-state index is 12.2. The minimum absolute atomic E-state index is 0.0938. The van der Waals surface area contributed by atoms with Gasteiger partial charge >= 0.3 is 0 Å². The van der Waals surface area contributed by atoms with E-state index < -0.39 is 22.4 Å².